The third kappa shape index (κ3) is 7.83. The number of phosphoric ester groups is 1. The van der Waals surface area contributed by atoms with Gasteiger partial charge in [-0.1, -0.05) is 0 Å². The number of aliphatic hydroxyl groups is 3. The molecule has 0 radical (unpaired) electrons. The molecule has 0 spiro atoms. The number of hydrogen-bond donors (Lipinski definition) is 5. The van der Waals surface area contributed by atoms with Crippen LogP contribution in [0.5, 0.6) is 0 Å². The van der Waals surface area contributed by atoms with E-state index in [1.165, 1.54) is 6.92 Å². The van der Waals surface area contributed by atoms with Crippen molar-refractivity contribution in [3.63, 3.8) is 0 Å². The van der Waals surface area contributed by atoms with Gasteiger partial charge in [0.2, 0.25) is 0 Å². The summed E-state index contributed by atoms with van der Waals surface area (Å²) in [4.78, 5) is 16.6. The van der Waals surface area contributed by atoms with Crippen LogP contribution in [0.2, 0.25) is 0 Å². The Morgan fingerprint density at radius 1 is 1.33 bits per heavy atom. The highest BCUT2D eigenvalue weighted by atomic mass is 31.2. The van der Waals surface area contributed by atoms with Gasteiger partial charge in [-0.3, -0.25) is 4.52 Å². The third-order valence-corrected chi connectivity index (χ3v) is 1.92. The Morgan fingerprint density at radius 2 is 1.87 bits per heavy atom. The van der Waals surface area contributed by atoms with Crippen LogP contribution in [0.25, 0.3) is 0 Å². The van der Waals surface area contributed by atoms with Crippen molar-refractivity contribution < 1.29 is 38.9 Å². The summed E-state index contributed by atoms with van der Waals surface area (Å²) in [7, 11) is -4.66. The molecular formula is C6H15O8P. The largest absolute Gasteiger partial charge is 0.469 e. The zero-order valence-corrected chi connectivity index (χ0v) is 8.95. The summed E-state index contributed by atoms with van der Waals surface area (Å²) in [6.45, 7) is 0.0373. The smallest absolute Gasteiger partial charge is 0.394 e. The number of phosphoric acid groups is 1. The van der Waals surface area contributed by atoms with E-state index in [1.807, 2.05) is 0 Å². The zero-order valence-electron chi connectivity index (χ0n) is 8.05. The van der Waals surface area contributed by atoms with E-state index in [9.17, 15) is 4.57 Å². The Morgan fingerprint density at radius 3 is 2.20 bits per heavy atom. The molecule has 0 bridgehead atoms. The Kier molecular flexibility index (Phi) is 6.49. The van der Waals surface area contributed by atoms with Gasteiger partial charge in [0.15, 0.2) is 6.29 Å². The molecule has 0 aromatic rings. The fourth-order valence-corrected chi connectivity index (χ4v) is 1.03. The van der Waals surface area contributed by atoms with E-state index in [-0.39, 0.29) is 0 Å². The molecule has 0 heterocycles. The lowest BCUT2D eigenvalue weighted by Crippen LogP contribution is -2.35. The normalized spacial score (nSPS) is 18.5. The van der Waals surface area contributed by atoms with Gasteiger partial charge in [-0.25, -0.2) is 4.57 Å². The quantitative estimate of drug-likeness (QED) is 0.261. The van der Waals surface area contributed by atoms with Crippen LogP contribution in [-0.4, -0.2) is 56.8 Å². The van der Waals surface area contributed by atoms with Gasteiger partial charge in [0, 0.05) is 0 Å². The lowest BCUT2D eigenvalue weighted by atomic mass is 10.2. The molecule has 0 aliphatic carbocycles. The number of aliphatic hydroxyl groups excluding tert-OH is 3. The Hall–Kier alpha value is -0.0500. The van der Waals surface area contributed by atoms with Crippen LogP contribution in [0.1, 0.15) is 6.92 Å². The Balaban J connectivity index is 3.91. The molecule has 0 fully saturated rings. The molecule has 9 heteroatoms. The average Bonchev–Trinajstić information content (AvgIpc) is 2.09. The predicted molar refractivity (Wildman–Crippen MR) is 47.6 cm³/mol. The Bertz CT molecular complexity index is 213. The molecule has 3 atom stereocenters. The highest BCUT2D eigenvalue weighted by Crippen LogP contribution is 2.35. The second-order valence-corrected chi connectivity index (χ2v) is 4.08. The summed E-state index contributed by atoms with van der Waals surface area (Å²) in [6.07, 6.45) is -3.70. The first-order chi connectivity index (χ1) is 6.76. The van der Waals surface area contributed by atoms with Gasteiger partial charge in [0.1, 0.15) is 12.7 Å². The molecule has 5 N–H and O–H groups in total. The van der Waals surface area contributed by atoms with Gasteiger partial charge in [-0.15, -0.1) is 0 Å². The summed E-state index contributed by atoms with van der Waals surface area (Å²) in [6, 6.07) is 0. The summed E-state index contributed by atoms with van der Waals surface area (Å²) in [5.74, 6) is 0. The Labute approximate surface area is 86.3 Å². The first-order valence-electron chi connectivity index (χ1n) is 4.09. The van der Waals surface area contributed by atoms with Gasteiger partial charge >= 0.3 is 7.82 Å². The molecular weight excluding hydrogens is 231 g/mol. The summed E-state index contributed by atoms with van der Waals surface area (Å²) in [5.41, 5.74) is 0. The number of ether oxygens (including phenoxy) is 1. The van der Waals surface area contributed by atoms with Gasteiger partial charge in [-0.2, -0.15) is 0 Å². The second kappa shape index (κ2) is 6.51. The molecule has 0 aromatic carbocycles. The van der Waals surface area contributed by atoms with E-state index in [2.05, 4.69) is 9.26 Å². The van der Waals surface area contributed by atoms with Crippen LogP contribution in [-0.2, 0) is 13.8 Å². The van der Waals surface area contributed by atoms with Crippen molar-refractivity contribution in [2.24, 2.45) is 0 Å². The lowest BCUT2D eigenvalue weighted by molar-refractivity contribution is -0.185. The first kappa shape index (κ1) is 14.9. The minimum atomic E-state index is -4.66. The van der Waals surface area contributed by atoms with E-state index in [1.54, 1.807) is 0 Å². The number of hydrogen-bond acceptors (Lipinski definition) is 6. The fourth-order valence-electron chi connectivity index (χ4n) is 0.711. The van der Waals surface area contributed by atoms with Crippen LogP contribution < -0.4 is 0 Å². The lowest BCUT2D eigenvalue weighted by Gasteiger charge is -2.21. The van der Waals surface area contributed by atoms with Crippen LogP contribution >= 0.6 is 7.82 Å². The van der Waals surface area contributed by atoms with Crippen LogP contribution in [0.15, 0.2) is 0 Å². The van der Waals surface area contributed by atoms with E-state index < -0.39 is 39.5 Å². The molecule has 0 aliphatic rings. The van der Waals surface area contributed by atoms with E-state index in [4.69, 9.17) is 25.1 Å². The molecule has 0 aliphatic heterocycles. The monoisotopic (exact) mass is 246 g/mol. The molecule has 0 aromatic heterocycles. The van der Waals surface area contributed by atoms with Gasteiger partial charge in [-0.05, 0) is 6.92 Å². The molecule has 3 unspecified atom stereocenters. The predicted octanol–water partition coefficient (Wildman–Crippen LogP) is -1.83. The molecule has 0 rings (SSSR count). The topological polar surface area (TPSA) is 137 Å². The van der Waals surface area contributed by atoms with Crippen LogP contribution in [0.3, 0.4) is 0 Å². The molecule has 92 valence electrons. The van der Waals surface area contributed by atoms with E-state index in [0.717, 1.165) is 0 Å². The summed E-state index contributed by atoms with van der Waals surface area (Å²) in [5, 5.41) is 26.7. The summed E-state index contributed by atoms with van der Waals surface area (Å²) < 4.78 is 18.8. The molecule has 0 saturated carbocycles. The van der Waals surface area contributed by atoms with Crippen LogP contribution in [0, 0.1) is 0 Å². The highest BCUT2D eigenvalue weighted by Gasteiger charge is 2.22. The molecule has 0 saturated heterocycles. The molecule has 0 amide bonds. The fraction of sp³-hybridized carbons (Fsp3) is 1.00. The number of rotatable bonds is 7. The van der Waals surface area contributed by atoms with Crippen molar-refractivity contribution in [1.29, 1.82) is 0 Å². The van der Waals surface area contributed by atoms with Crippen molar-refractivity contribution in [3.8, 4) is 0 Å². The van der Waals surface area contributed by atoms with E-state index >= 15 is 0 Å². The van der Waals surface area contributed by atoms with Gasteiger partial charge in [0.25, 0.3) is 0 Å². The third-order valence-electron chi connectivity index (χ3n) is 1.44. The minimum Gasteiger partial charge on any atom is -0.394 e. The van der Waals surface area contributed by atoms with Crippen molar-refractivity contribution in [3.05, 3.63) is 0 Å². The maximum Gasteiger partial charge on any atom is 0.469 e. The second-order valence-electron chi connectivity index (χ2n) is 2.84. The van der Waals surface area contributed by atoms with Crippen molar-refractivity contribution in [1.82, 2.24) is 0 Å². The minimum absolute atomic E-state index is 0.537. The zero-order chi connectivity index (χ0) is 12.1. The SMILES string of the molecule is CC(O)C(CO)OC(O)COP(=O)(O)O. The van der Waals surface area contributed by atoms with Crippen molar-refractivity contribution >= 4 is 7.82 Å². The molecule has 15 heavy (non-hydrogen) atoms. The maximum absolute atomic E-state index is 10.2. The standard InChI is InChI=1S/C6H15O8P/c1-4(8)5(2-7)14-6(9)3-13-15(10,11)12/h4-9H,2-3H2,1H3,(H2,10,11,12). The van der Waals surface area contributed by atoms with Gasteiger partial charge < -0.3 is 29.8 Å². The van der Waals surface area contributed by atoms with E-state index in [0.29, 0.717) is 0 Å². The first-order valence-corrected chi connectivity index (χ1v) is 5.62. The van der Waals surface area contributed by atoms with Crippen LogP contribution in [0.4, 0.5) is 0 Å². The maximum atomic E-state index is 10.2. The average molecular weight is 246 g/mol. The highest BCUT2D eigenvalue weighted by molar-refractivity contribution is 7.46. The molecule has 8 nitrogen and oxygen atoms in total. The van der Waals surface area contributed by atoms with Crippen molar-refractivity contribution in [2.75, 3.05) is 13.2 Å². The van der Waals surface area contributed by atoms with Crippen molar-refractivity contribution in [2.45, 2.75) is 25.4 Å². The van der Waals surface area contributed by atoms with Gasteiger partial charge in [0.05, 0.1) is 12.7 Å². The summed E-state index contributed by atoms with van der Waals surface area (Å²) >= 11 is 0.